The number of hydrogen-bond donors (Lipinski definition) is 1. The molecule has 1 aromatic carbocycles. The van der Waals surface area contributed by atoms with Gasteiger partial charge in [0.15, 0.2) is 0 Å². The Morgan fingerprint density at radius 2 is 1.85 bits per heavy atom. The summed E-state index contributed by atoms with van der Waals surface area (Å²) in [5, 5.41) is 3.08. The van der Waals surface area contributed by atoms with Gasteiger partial charge in [-0.05, 0) is 37.8 Å². The highest BCUT2D eigenvalue weighted by atomic mass is 16.5. The average Bonchev–Trinajstić information content (AvgIpc) is 2.66. The highest BCUT2D eigenvalue weighted by Crippen LogP contribution is 2.21. The molecule has 1 unspecified atom stereocenters. The van der Waals surface area contributed by atoms with Gasteiger partial charge in [0.1, 0.15) is 5.75 Å². The van der Waals surface area contributed by atoms with Gasteiger partial charge in [-0.2, -0.15) is 0 Å². The highest BCUT2D eigenvalue weighted by Gasteiger charge is 2.27. The van der Waals surface area contributed by atoms with Crippen LogP contribution in [-0.4, -0.2) is 43.0 Å². The van der Waals surface area contributed by atoms with E-state index in [1.54, 1.807) is 19.3 Å². The predicted octanol–water partition coefficient (Wildman–Crippen LogP) is 3.11. The van der Waals surface area contributed by atoms with Crippen molar-refractivity contribution in [1.82, 2.24) is 10.2 Å². The van der Waals surface area contributed by atoms with Gasteiger partial charge in [-0.1, -0.05) is 32.0 Å². The van der Waals surface area contributed by atoms with E-state index < -0.39 is 0 Å². The molecule has 0 aliphatic carbocycles. The molecule has 1 saturated heterocycles. The number of piperidine rings is 1. The van der Waals surface area contributed by atoms with Gasteiger partial charge in [-0.25, -0.2) is 0 Å². The Morgan fingerprint density at radius 1 is 1.19 bits per heavy atom. The van der Waals surface area contributed by atoms with E-state index in [2.05, 4.69) is 19.2 Å². The number of methoxy groups -OCH3 is 1. The molecule has 5 nitrogen and oxygen atoms in total. The molecule has 1 atom stereocenters. The summed E-state index contributed by atoms with van der Waals surface area (Å²) in [6.07, 6.45) is 4.79. The van der Waals surface area contributed by atoms with Crippen molar-refractivity contribution in [3.8, 4) is 5.75 Å². The van der Waals surface area contributed by atoms with Gasteiger partial charge in [0, 0.05) is 36.7 Å². The maximum absolute atomic E-state index is 12.4. The van der Waals surface area contributed by atoms with Crippen LogP contribution < -0.4 is 10.1 Å². The lowest BCUT2D eigenvalue weighted by molar-refractivity contribution is -0.132. The second kappa shape index (κ2) is 9.41. The molecule has 2 amide bonds. The molecule has 1 aliphatic heterocycles. The number of rotatable bonds is 6. The quantitative estimate of drug-likeness (QED) is 0.795. The van der Waals surface area contributed by atoms with E-state index in [0.29, 0.717) is 31.8 Å². The Hall–Kier alpha value is -2.30. The minimum atomic E-state index is -0.0229. The number of likely N-dealkylation sites (tertiary alicyclic amines) is 1. The number of hydrogen-bond acceptors (Lipinski definition) is 3. The van der Waals surface area contributed by atoms with Gasteiger partial charge in [-0.3, -0.25) is 9.59 Å². The number of carbonyl (C=O) groups excluding carboxylic acids is 2. The predicted molar refractivity (Wildman–Crippen MR) is 104 cm³/mol. The largest absolute Gasteiger partial charge is 0.496 e. The van der Waals surface area contributed by atoms with Crippen LogP contribution in [0.15, 0.2) is 30.3 Å². The Morgan fingerprint density at radius 3 is 2.46 bits per heavy atom. The molecular formula is C21H30N2O3. The Kier molecular flexibility index (Phi) is 7.25. The van der Waals surface area contributed by atoms with E-state index in [4.69, 9.17) is 4.74 Å². The van der Waals surface area contributed by atoms with Gasteiger partial charge in [-0.15, -0.1) is 0 Å². The molecule has 0 bridgehead atoms. The van der Waals surface area contributed by atoms with Crippen LogP contribution in [0, 0.1) is 11.8 Å². The summed E-state index contributed by atoms with van der Waals surface area (Å²) < 4.78 is 5.29. The zero-order valence-electron chi connectivity index (χ0n) is 16.2. The third-order valence-electron chi connectivity index (χ3n) is 5.09. The minimum absolute atomic E-state index is 0.00144. The van der Waals surface area contributed by atoms with Crippen LogP contribution in [0.3, 0.4) is 0 Å². The van der Waals surface area contributed by atoms with E-state index in [-0.39, 0.29) is 23.8 Å². The summed E-state index contributed by atoms with van der Waals surface area (Å²) in [6.45, 7) is 7.46. The number of nitrogens with one attached hydrogen (secondary N) is 1. The second-order valence-electron chi connectivity index (χ2n) is 7.22. The molecule has 5 heteroatoms. The number of ether oxygens (including phenoxy) is 1. The fraction of sp³-hybridized carbons (Fsp3) is 0.524. The first kappa shape index (κ1) is 20.0. The minimum Gasteiger partial charge on any atom is -0.496 e. The average molecular weight is 358 g/mol. The number of amides is 2. The smallest absolute Gasteiger partial charge is 0.246 e. The highest BCUT2D eigenvalue weighted by molar-refractivity contribution is 5.92. The summed E-state index contributed by atoms with van der Waals surface area (Å²) in [6, 6.07) is 7.76. The summed E-state index contributed by atoms with van der Waals surface area (Å²) in [4.78, 5) is 26.5. The lowest BCUT2D eigenvalue weighted by Gasteiger charge is -2.31. The molecule has 1 heterocycles. The molecule has 0 saturated carbocycles. The van der Waals surface area contributed by atoms with Gasteiger partial charge >= 0.3 is 0 Å². The van der Waals surface area contributed by atoms with Crippen LogP contribution in [0.2, 0.25) is 0 Å². The summed E-state index contributed by atoms with van der Waals surface area (Å²) in [5.74, 6) is 1.25. The van der Waals surface area contributed by atoms with Gasteiger partial charge < -0.3 is 15.0 Å². The first-order valence-electron chi connectivity index (χ1n) is 9.32. The molecule has 2 rings (SSSR count). The molecule has 1 aromatic rings. The van der Waals surface area contributed by atoms with Gasteiger partial charge in [0.05, 0.1) is 7.11 Å². The van der Waals surface area contributed by atoms with Gasteiger partial charge in [0.2, 0.25) is 11.8 Å². The van der Waals surface area contributed by atoms with Crippen LogP contribution in [0.4, 0.5) is 0 Å². The standard InChI is InChI=1S/C21H30N2O3/c1-15(2)16(3)22-21(25)18-11-13-23(14-12-18)20(24)10-9-17-7-5-6-8-19(17)26-4/h5-10,15-16,18H,11-14H2,1-4H3,(H,22,25)/b10-9+. The van der Waals surface area contributed by atoms with Crippen molar-refractivity contribution in [1.29, 1.82) is 0 Å². The second-order valence-corrected chi connectivity index (χ2v) is 7.22. The van der Waals surface area contributed by atoms with Crippen LogP contribution in [0.25, 0.3) is 6.08 Å². The first-order chi connectivity index (χ1) is 12.4. The molecule has 0 radical (unpaired) electrons. The summed E-state index contributed by atoms with van der Waals surface area (Å²) in [7, 11) is 1.62. The van der Waals surface area contributed by atoms with Crippen molar-refractivity contribution in [2.45, 2.75) is 39.7 Å². The van der Waals surface area contributed by atoms with Crippen molar-refractivity contribution in [3.05, 3.63) is 35.9 Å². The first-order valence-corrected chi connectivity index (χ1v) is 9.32. The number of nitrogens with zero attached hydrogens (tertiary/aromatic N) is 1. The van der Waals surface area contributed by atoms with Crippen LogP contribution in [0.1, 0.15) is 39.2 Å². The topological polar surface area (TPSA) is 58.6 Å². The number of carbonyl (C=O) groups is 2. The maximum Gasteiger partial charge on any atom is 0.246 e. The zero-order valence-corrected chi connectivity index (χ0v) is 16.2. The third kappa shape index (κ3) is 5.35. The number of benzene rings is 1. The zero-order chi connectivity index (χ0) is 19.1. The van der Waals surface area contributed by atoms with E-state index in [1.165, 1.54) is 0 Å². The Labute approximate surface area is 156 Å². The fourth-order valence-corrected chi connectivity index (χ4v) is 2.94. The molecule has 1 fully saturated rings. The molecule has 1 N–H and O–H groups in total. The van der Waals surface area contributed by atoms with Crippen molar-refractivity contribution >= 4 is 17.9 Å². The van der Waals surface area contributed by atoms with Crippen LogP contribution in [-0.2, 0) is 9.59 Å². The molecule has 1 aliphatic rings. The maximum atomic E-state index is 12.4. The third-order valence-corrected chi connectivity index (χ3v) is 5.09. The molecule has 0 aromatic heterocycles. The van der Waals surface area contributed by atoms with Crippen molar-refractivity contribution in [2.75, 3.05) is 20.2 Å². The summed E-state index contributed by atoms with van der Waals surface area (Å²) in [5.41, 5.74) is 0.875. The van der Waals surface area contributed by atoms with Crippen molar-refractivity contribution < 1.29 is 14.3 Å². The molecular weight excluding hydrogens is 328 g/mol. The monoisotopic (exact) mass is 358 g/mol. The fourth-order valence-electron chi connectivity index (χ4n) is 2.94. The van der Waals surface area contributed by atoms with E-state index in [0.717, 1.165) is 11.3 Å². The number of para-hydroxylation sites is 1. The normalized spacial score (nSPS) is 16.7. The van der Waals surface area contributed by atoms with Crippen LogP contribution >= 0.6 is 0 Å². The van der Waals surface area contributed by atoms with Crippen LogP contribution in [0.5, 0.6) is 5.75 Å². The molecule has 26 heavy (non-hydrogen) atoms. The van der Waals surface area contributed by atoms with Crippen molar-refractivity contribution in [2.24, 2.45) is 11.8 Å². The van der Waals surface area contributed by atoms with E-state index >= 15 is 0 Å². The molecule has 142 valence electrons. The van der Waals surface area contributed by atoms with E-state index in [1.807, 2.05) is 36.1 Å². The lowest BCUT2D eigenvalue weighted by Crippen LogP contribution is -2.45. The lowest BCUT2D eigenvalue weighted by atomic mass is 9.94. The molecule has 0 spiro atoms. The SMILES string of the molecule is COc1ccccc1/C=C/C(=O)N1CCC(C(=O)NC(C)C(C)C)CC1. The van der Waals surface area contributed by atoms with Crippen molar-refractivity contribution in [3.63, 3.8) is 0 Å². The summed E-state index contributed by atoms with van der Waals surface area (Å²) >= 11 is 0. The van der Waals surface area contributed by atoms with E-state index in [9.17, 15) is 9.59 Å². The Bertz CT molecular complexity index is 646. The van der Waals surface area contributed by atoms with Gasteiger partial charge in [0.25, 0.3) is 0 Å². The Balaban J connectivity index is 1.86.